The summed E-state index contributed by atoms with van der Waals surface area (Å²) in [6, 6.07) is 8.34. The maximum atomic E-state index is 10.3. The summed E-state index contributed by atoms with van der Waals surface area (Å²) in [5, 5.41) is 19.8. The van der Waals surface area contributed by atoms with Crippen LogP contribution >= 0.6 is 11.3 Å². The number of nitrogen functional groups attached to an aromatic ring is 1. The summed E-state index contributed by atoms with van der Waals surface area (Å²) in [5.41, 5.74) is 10.0. The van der Waals surface area contributed by atoms with E-state index in [0.717, 1.165) is 68.9 Å². The molecule has 9 heteroatoms. The molecule has 0 bridgehead atoms. The lowest BCUT2D eigenvalue weighted by Gasteiger charge is -2.33. The summed E-state index contributed by atoms with van der Waals surface area (Å²) in [4.78, 5) is 9.02. The fraction of sp³-hybridized carbons (Fsp3) is 0.320. The predicted molar refractivity (Wildman–Crippen MR) is 136 cm³/mol. The van der Waals surface area contributed by atoms with Gasteiger partial charge in [0.25, 0.3) is 0 Å². The number of benzene rings is 1. The van der Waals surface area contributed by atoms with E-state index < -0.39 is 5.60 Å². The number of hydrogen-bond donors (Lipinski definition) is 3. The van der Waals surface area contributed by atoms with E-state index in [1.807, 2.05) is 49.1 Å². The van der Waals surface area contributed by atoms with Crippen molar-refractivity contribution in [2.45, 2.75) is 44.2 Å². The van der Waals surface area contributed by atoms with Crippen molar-refractivity contribution in [3.05, 3.63) is 42.9 Å². The SMILES string of the molecule is CNc1nc2cccc(-c3cc4c(-c5cnn(C6CCC(C)(O)CC6)c5)cnc(N)c4o3)c2s1. The average Bonchev–Trinajstić information content (AvgIpc) is 3.57. The van der Waals surface area contributed by atoms with E-state index >= 15 is 0 Å². The Kier molecular flexibility index (Phi) is 4.86. The van der Waals surface area contributed by atoms with Gasteiger partial charge in [-0.2, -0.15) is 5.10 Å². The highest BCUT2D eigenvalue weighted by Crippen LogP contribution is 2.41. The summed E-state index contributed by atoms with van der Waals surface area (Å²) in [5.74, 6) is 1.09. The van der Waals surface area contributed by atoms with Crippen molar-refractivity contribution in [2.24, 2.45) is 0 Å². The Bertz CT molecular complexity index is 1500. The van der Waals surface area contributed by atoms with Gasteiger partial charge in [0.1, 0.15) is 5.76 Å². The average molecular weight is 475 g/mol. The minimum Gasteiger partial charge on any atom is -0.452 e. The second kappa shape index (κ2) is 7.82. The highest BCUT2D eigenvalue weighted by atomic mass is 32.1. The molecule has 1 saturated carbocycles. The third-order valence-electron chi connectivity index (χ3n) is 6.80. The molecule has 1 aliphatic rings. The van der Waals surface area contributed by atoms with Crippen molar-refractivity contribution in [3.63, 3.8) is 0 Å². The topological polar surface area (TPSA) is 115 Å². The molecule has 0 aliphatic heterocycles. The fourth-order valence-corrected chi connectivity index (χ4v) is 5.76. The summed E-state index contributed by atoms with van der Waals surface area (Å²) in [7, 11) is 1.87. The first-order chi connectivity index (χ1) is 16.4. The van der Waals surface area contributed by atoms with Gasteiger partial charge in [-0.3, -0.25) is 4.68 Å². The van der Waals surface area contributed by atoms with Gasteiger partial charge < -0.3 is 20.6 Å². The number of hydrogen-bond acceptors (Lipinski definition) is 8. The third-order valence-corrected chi connectivity index (χ3v) is 7.92. The largest absolute Gasteiger partial charge is 0.452 e. The summed E-state index contributed by atoms with van der Waals surface area (Å²) in [6.07, 6.45) is 9.10. The molecule has 4 heterocycles. The number of nitrogens with two attached hydrogens (primary N) is 1. The van der Waals surface area contributed by atoms with Crippen LogP contribution < -0.4 is 11.1 Å². The van der Waals surface area contributed by atoms with Crippen molar-refractivity contribution >= 4 is 43.5 Å². The lowest BCUT2D eigenvalue weighted by atomic mass is 9.84. The molecule has 0 amide bonds. The molecule has 1 fully saturated rings. The molecule has 1 aliphatic carbocycles. The van der Waals surface area contributed by atoms with Gasteiger partial charge in [-0.25, -0.2) is 9.97 Å². The first-order valence-electron chi connectivity index (χ1n) is 11.4. The molecular weight excluding hydrogens is 448 g/mol. The standard InChI is InChI=1S/C25H26N6O2S/c1-25(32)8-6-15(7-9-25)31-13-14(11-29-31)18-12-28-23(26)21-17(18)10-20(33-21)16-4-3-5-19-22(16)34-24(27-2)30-19/h3-5,10-13,15,32H,6-9H2,1-2H3,(H2,26,28)(H,27,30). The summed E-state index contributed by atoms with van der Waals surface area (Å²) in [6.45, 7) is 1.91. The van der Waals surface area contributed by atoms with Crippen LogP contribution in [-0.4, -0.2) is 37.5 Å². The van der Waals surface area contributed by atoms with Crippen LogP contribution in [0.15, 0.2) is 47.3 Å². The minimum absolute atomic E-state index is 0.288. The molecule has 0 radical (unpaired) electrons. The Balaban J connectivity index is 1.41. The second-order valence-corrected chi connectivity index (χ2v) is 10.3. The van der Waals surface area contributed by atoms with Crippen LogP contribution in [0.4, 0.5) is 10.9 Å². The van der Waals surface area contributed by atoms with E-state index in [1.165, 1.54) is 0 Å². The molecule has 6 rings (SSSR count). The van der Waals surface area contributed by atoms with Crippen LogP contribution in [0.25, 0.3) is 43.6 Å². The number of fused-ring (bicyclic) bond motifs is 2. The molecule has 4 aromatic heterocycles. The zero-order valence-corrected chi connectivity index (χ0v) is 19.9. The Morgan fingerprint density at radius 3 is 2.85 bits per heavy atom. The van der Waals surface area contributed by atoms with Gasteiger partial charge in [0.15, 0.2) is 16.5 Å². The van der Waals surface area contributed by atoms with Crippen LogP contribution in [0.5, 0.6) is 0 Å². The van der Waals surface area contributed by atoms with Gasteiger partial charge in [-0.15, -0.1) is 0 Å². The van der Waals surface area contributed by atoms with Crippen molar-refractivity contribution < 1.29 is 9.52 Å². The number of nitrogens with one attached hydrogen (secondary N) is 1. The number of furan rings is 1. The normalized spacial score (nSPS) is 20.9. The zero-order chi connectivity index (χ0) is 23.4. The summed E-state index contributed by atoms with van der Waals surface area (Å²) < 4.78 is 9.33. The van der Waals surface area contributed by atoms with Crippen molar-refractivity contribution in [3.8, 4) is 22.5 Å². The van der Waals surface area contributed by atoms with Crippen molar-refractivity contribution in [2.75, 3.05) is 18.1 Å². The maximum Gasteiger partial charge on any atom is 0.183 e. The Morgan fingerprint density at radius 1 is 1.24 bits per heavy atom. The summed E-state index contributed by atoms with van der Waals surface area (Å²) >= 11 is 1.59. The molecule has 174 valence electrons. The fourth-order valence-electron chi connectivity index (χ4n) is 4.82. The van der Waals surface area contributed by atoms with Crippen molar-refractivity contribution in [1.29, 1.82) is 0 Å². The van der Waals surface area contributed by atoms with Gasteiger partial charge in [-0.1, -0.05) is 17.4 Å². The molecule has 1 aromatic carbocycles. The molecule has 8 nitrogen and oxygen atoms in total. The number of pyridine rings is 1. The number of anilines is 2. The molecule has 0 atom stereocenters. The van der Waals surface area contributed by atoms with Crippen LogP contribution in [0.1, 0.15) is 38.6 Å². The molecular formula is C25H26N6O2S. The maximum absolute atomic E-state index is 10.3. The quantitative estimate of drug-likeness (QED) is 0.317. The van der Waals surface area contributed by atoms with E-state index in [-0.39, 0.29) is 6.04 Å². The van der Waals surface area contributed by atoms with E-state index in [9.17, 15) is 5.11 Å². The Hall–Kier alpha value is -3.43. The van der Waals surface area contributed by atoms with Gasteiger partial charge in [0, 0.05) is 41.5 Å². The molecule has 34 heavy (non-hydrogen) atoms. The Morgan fingerprint density at radius 2 is 2.06 bits per heavy atom. The Labute approximate surface area is 200 Å². The second-order valence-electron chi connectivity index (χ2n) is 9.27. The molecule has 0 unspecified atom stereocenters. The van der Waals surface area contributed by atoms with Crippen LogP contribution in [0.3, 0.4) is 0 Å². The minimum atomic E-state index is -0.568. The highest BCUT2D eigenvalue weighted by Gasteiger charge is 2.30. The van der Waals surface area contributed by atoms with Gasteiger partial charge >= 0.3 is 0 Å². The smallest absolute Gasteiger partial charge is 0.183 e. The number of nitrogens with zero attached hydrogens (tertiary/aromatic N) is 4. The van der Waals surface area contributed by atoms with E-state index in [4.69, 9.17) is 10.2 Å². The van der Waals surface area contributed by atoms with Gasteiger partial charge in [0.2, 0.25) is 0 Å². The highest BCUT2D eigenvalue weighted by molar-refractivity contribution is 7.22. The monoisotopic (exact) mass is 474 g/mol. The van der Waals surface area contributed by atoms with E-state index in [1.54, 1.807) is 17.5 Å². The number of thiazole rings is 1. The van der Waals surface area contributed by atoms with Crippen LogP contribution in [-0.2, 0) is 0 Å². The van der Waals surface area contributed by atoms with Crippen LogP contribution in [0.2, 0.25) is 0 Å². The van der Waals surface area contributed by atoms with Crippen molar-refractivity contribution in [1.82, 2.24) is 19.7 Å². The first kappa shape index (κ1) is 21.1. The number of aliphatic hydroxyl groups is 1. The zero-order valence-electron chi connectivity index (χ0n) is 19.1. The lowest BCUT2D eigenvalue weighted by Crippen LogP contribution is -2.31. The van der Waals surface area contributed by atoms with E-state index in [0.29, 0.717) is 11.4 Å². The van der Waals surface area contributed by atoms with E-state index in [2.05, 4.69) is 26.6 Å². The van der Waals surface area contributed by atoms with Gasteiger partial charge in [0.05, 0.1) is 28.1 Å². The molecule has 0 spiro atoms. The first-order valence-corrected chi connectivity index (χ1v) is 12.3. The van der Waals surface area contributed by atoms with Gasteiger partial charge in [-0.05, 0) is 50.8 Å². The number of aromatic nitrogens is 4. The predicted octanol–water partition coefficient (Wildman–Crippen LogP) is 5.46. The molecule has 4 N–H and O–H groups in total. The third kappa shape index (κ3) is 3.52. The lowest BCUT2D eigenvalue weighted by molar-refractivity contribution is 0.00852. The molecule has 0 saturated heterocycles. The number of rotatable bonds is 4. The molecule has 5 aromatic rings. The van der Waals surface area contributed by atoms with Crippen LogP contribution in [0, 0.1) is 0 Å².